The van der Waals surface area contributed by atoms with Gasteiger partial charge >= 0.3 is 0 Å². The molecule has 0 bridgehead atoms. The van der Waals surface area contributed by atoms with Gasteiger partial charge in [0.15, 0.2) is 0 Å². The number of hydrogen-bond acceptors (Lipinski definition) is 3. The summed E-state index contributed by atoms with van der Waals surface area (Å²) in [6, 6.07) is 7.85. The maximum absolute atomic E-state index is 12.6. The molecular weight excluding hydrogens is 348 g/mol. The van der Waals surface area contributed by atoms with Crippen LogP contribution in [0.15, 0.2) is 24.3 Å². The first-order valence-corrected chi connectivity index (χ1v) is 10.4. The second-order valence-electron chi connectivity index (χ2n) is 8.34. The van der Waals surface area contributed by atoms with Crippen LogP contribution in [0.5, 0.6) is 0 Å². The average molecular weight is 377 g/mol. The molecule has 3 saturated heterocycles. The predicted molar refractivity (Wildman–Crippen MR) is 103 cm³/mol. The zero-order chi connectivity index (χ0) is 18.0. The molecule has 0 unspecified atom stereocenters. The van der Waals surface area contributed by atoms with E-state index in [9.17, 15) is 4.79 Å². The van der Waals surface area contributed by atoms with E-state index >= 15 is 0 Å². The fourth-order valence-corrected chi connectivity index (χ4v) is 4.85. The van der Waals surface area contributed by atoms with E-state index in [1.807, 2.05) is 29.2 Å². The Kier molecular flexibility index (Phi) is 5.53. The molecular formula is C21H29ClN2O2. The lowest BCUT2D eigenvalue weighted by atomic mass is 9.77. The maximum atomic E-state index is 12.6. The molecule has 0 aliphatic carbocycles. The van der Waals surface area contributed by atoms with E-state index in [0.717, 1.165) is 56.2 Å². The van der Waals surface area contributed by atoms with Gasteiger partial charge in [0.05, 0.1) is 6.10 Å². The summed E-state index contributed by atoms with van der Waals surface area (Å²) in [5, 5.41) is 0.743. The monoisotopic (exact) mass is 376 g/mol. The van der Waals surface area contributed by atoms with Crippen molar-refractivity contribution in [2.75, 3.05) is 32.8 Å². The Morgan fingerprint density at radius 1 is 1.15 bits per heavy atom. The molecule has 1 atom stereocenters. The third-order valence-electron chi connectivity index (χ3n) is 6.34. The number of hydrogen-bond donors (Lipinski definition) is 0. The third-order valence-corrected chi connectivity index (χ3v) is 6.60. The number of halogens is 1. The SMILES string of the molecule is O=C1CC2(CCN(C[C@@H]3CCCCO3)CC2)CN1Cc1ccc(Cl)cc1. The molecule has 1 amide bonds. The molecule has 26 heavy (non-hydrogen) atoms. The molecule has 3 aliphatic rings. The van der Waals surface area contributed by atoms with E-state index in [1.54, 1.807) is 0 Å². The second-order valence-corrected chi connectivity index (χ2v) is 8.78. The predicted octanol–water partition coefficient (Wildman–Crippen LogP) is 3.72. The Labute approximate surface area is 161 Å². The summed E-state index contributed by atoms with van der Waals surface area (Å²) in [5.41, 5.74) is 1.35. The lowest BCUT2D eigenvalue weighted by molar-refractivity contribution is -0.128. The van der Waals surface area contributed by atoms with Gasteiger partial charge in [-0.3, -0.25) is 4.79 Å². The van der Waals surface area contributed by atoms with Crippen LogP contribution in [0.2, 0.25) is 5.02 Å². The fourth-order valence-electron chi connectivity index (χ4n) is 4.72. The van der Waals surface area contributed by atoms with Gasteiger partial charge in [-0.05, 0) is 68.3 Å². The molecule has 0 radical (unpaired) electrons. The molecule has 0 aromatic heterocycles. The first-order chi connectivity index (χ1) is 12.6. The largest absolute Gasteiger partial charge is 0.377 e. The first kappa shape index (κ1) is 18.3. The highest BCUT2D eigenvalue weighted by Gasteiger charge is 2.44. The van der Waals surface area contributed by atoms with Crippen molar-refractivity contribution in [3.8, 4) is 0 Å². The molecule has 1 aromatic carbocycles. The number of likely N-dealkylation sites (tertiary alicyclic amines) is 2. The van der Waals surface area contributed by atoms with Gasteiger partial charge in [0.25, 0.3) is 0 Å². The summed E-state index contributed by atoms with van der Waals surface area (Å²) < 4.78 is 5.89. The highest BCUT2D eigenvalue weighted by molar-refractivity contribution is 6.30. The summed E-state index contributed by atoms with van der Waals surface area (Å²) in [5.74, 6) is 0.309. The van der Waals surface area contributed by atoms with Crippen LogP contribution in [0.25, 0.3) is 0 Å². The Morgan fingerprint density at radius 2 is 1.92 bits per heavy atom. The van der Waals surface area contributed by atoms with Crippen molar-refractivity contribution in [2.45, 2.75) is 51.2 Å². The minimum Gasteiger partial charge on any atom is -0.377 e. The van der Waals surface area contributed by atoms with Gasteiger partial charge in [0.1, 0.15) is 0 Å². The maximum Gasteiger partial charge on any atom is 0.223 e. The second kappa shape index (κ2) is 7.87. The highest BCUT2D eigenvalue weighted by Crippen LogP contribution is 2.41. The minimum atomic E-state index is 0.188. The number of piperidine rings is 1. The van der Waals surface area contributed by atoms with E-state index in [-0.39, 0.29) is 5.41 Å². The van der Waals surface area contributed by atoms with Crippen LogP contribution < -0.4 is 0 Å². The Morgan fingerprint density at radius 3 is 2.62 bits per heavy atom. The van der Waals surface area contributed by atoms with Crippen LogP contribution in [-0.4, -0.2) is 54.6 Å². The molecule has 0 N–H and O–H groups in total. The van der Waals surface area contributed by atoms with Crippen LogP contribution >= 0.6 is 11.6 Å². The summed E-state index contributed by atoms with van der Waals surface area (Å²) in [6.07, 6.45) is 7.11. The highest BCUT2D eigenvalue weighted by atomic mass is 35.5. The number of benzene rings is 1. The first-order valence-electron chi connectivity index (χ1n) is 9.98. The van der Waals surface area contributed by atoms with E-state index in [0.29, 0.717) is 25.0 Å². The van der Waals surface area contributed by atoms with Gasteiger partial charge < -0.3 is 14.5 Å². The molecule has 4 nitrogen and oxygen atoms in total. The minimum absolute atomic E-state index is 0.188. The van der Waals surface area contributed by atoms with Gasteiger partial charge in [0.2, 0.25) is 5.91 Å². The quantitative estimate of drug-likeness (QED) is 0.802. The summed E-state index contributed by atoms with van der Waals surface area (Å²) in [4.78, 5) is 17.2. The Bertz CT molecular complexity index is 619. The van der Waals surface area contributed by atoms with Crippen LogP contribution in [-0.2, 0) is 16.1 Å². The van der Waals surface area contributed by atoms with E-state index < -0.39 is 0 Å². The summed E-state index contributed by atoms with van der Waals surface area (Å²) in [6.45, 7) is 5.80. The van der Waals surface area contributed by atoms with Gasteiger partial charge in [-0.1, -0.05) is 23.7 Å². The van der Waals surface area contributed by atoms with E-state index in [1.165, 1.54) is 19.3 Å². The average Bonchev–Trinajstić information content (AvgIpc) is 2.95. The molecule has 1 spiro atoms. The van der Waals surface area contributed by atoms with Gasteiger partial charge in [-0.2, -0.15) is 0 Å². The normalized spacial score (nSPS) is 26.6. The smallest absolute Gasteiger partial charge is 0.223 e. The van der Waals surface area contributed by atoms with Crippen LogP contribution in [0.4, 0.5) is 0 Å². The lowest BCUT2D eigenvalue weighted by Crippen LogP contribution is -2.45. The molecule has 1 aromatic rings. The molecule has 4 rings (SSSR count). The van der Waals surface area contributed by atoms with Gasteiger partial charge in [-0.25, -0.2) is 0 Å². The molecule has 3 fully saturated rings. The standard InChI is InChI=1S/C21H29ClN2O2/c22-18-6-4-17(5-7-18)14-24-16-21(13-20(24)25)8-10-23(11-9-21)15-19-3-1-2-12-26-19/h4-7,19H,1-3,8-16H2/t19-/m0/s1. The molecule has 5 heteroatoms. The number of nitrogens with zero attached hydrogens (tertiary/aromatic N) is 2. The Hall–Kier alpha value is -1.10. The van der Waals surface area contributed by atoms with Crippen LogP contribution in [0, 0.1) is 5.41 Å². The molecule has 0 saturated carbocycles. The molecule has 3 heterocycles. The third kappa shape index (κ3) is 4.24. The van der Waals surface area contributed by atoms with Crippen molar-refractivity contribution in [1.82, 2.24) is 9.80 Å². The zero-order valence-electron chi connectivity index (χ0n) is 15.5. The van der Waals surface area contributed by atoms with Crippen LogP contribution in [0.1, 0.15) is 44.1 Å². The summed E-state index contributed by atoms with van der Waals surface area (Å²) >= 11 is 5.96. The number of rotatable bonds is 4. The topological polar surface area (TPSA) is 32.8 Å². The van der Waals surface area contributed by atoms with Crippen molar-refractivity contribution in [1.29, 1.82) is 0 Å². The molecule has 3 aliphatic heterocycles. The number of carbonyl (C=O) groups is 1. The number of amides is 1. The van der Waals surface area contributed by atoms with Crippen molar-refractivity contribution >= 4 is 17.5 Å². The van der Waals surface area contributed by atoms with Crippen molar-refractivity contribution < 1.29 is 9.53 Å². The number of carbonyl (C=O) groups excluding carboxylic acids is 1. The zero-order valence-corrected chi connectivity index (χ0v) is 16.2. The van der Waals surface area contributed by atoms with Gasteiger partial charge in [-0.15, -0.1) is 0 Å². The van der Waals surface area contributed by atoms with Gasteiger partial charge in [0, 0.05) is 37.7 Å². The Balaban J connectivity index is 1.30. The number of ether oxygens (including phenoxy) is 1. The lowest BCUT2D eigenvalue weighted by Gasteiger charge is -2.40. The fraction of sp³-hybridized carbons (Fsp3) is 0.667. The van der Waals surface area contributed by atoms with Crippen LogP contribution in [0.3, 0.4) is 0 Å². The van der Waals surface area contributed by atoms with E-state index in [4.69, 9.17) is 16.3 Å². The van der Waals surface area contributed by atoms with E-state index in [2.05, 4.69) is 4.90 Å². The van der Waals surface area contributed by atoms with Crippen molar-refractivity contribution in [3.05, 3.63) is 34.9 Å². The molecule has 142 valence electrons. The summed E-state index contributed by atoms with van der Waals surface area (Å²) in [7, 11) is 0. The van der Waals surface area contributed by atoms with Crippen molar-refractivity contribution in [2.24, 2.45) is 5.41 Å². The van der Waals surface area contributed by atoms with Crippen molar-refractivity contribution in [3.63, 3.8) is 0 Å².